The number of carbonyl (C=O) groups excluding carboxylic acids is 1. The molecule has 1 N–H and O–H groups in total. The summed E-state index contributed by atoms with van der Waals surface area (Å²) in [5.41, 5.74) is 0.535. The first-order valence-corrected chi connectivity index (χ1v) is 8.22. The molecule has 3 aromatic rings. The van der Waals surface area contributed by atoms with Crippen LogP contribution < -0.4 is 10.7 Å². The van der Waals surface area contributed by atoms with Gasteiger partial charge in [0.05, 0.1) is 0 Å². The molecule has 3 rings (SSSR count). The molecule has 0 radical (unpaired) electrons. The lowest BCUT2D eigenvalue weighted by Crippen LogP contribution is -2.31. The van der Waals surface area contributed by atoms with Crippen LogP contribution >= 0.6 is 11.6 Å². The van der Waals surface area contributed by atoms with Crippen LogP contribution in [0.25, 0.3) is 5.69 Å². The van der Waals surface area contributed by atoms with Crippen LogP contribution in [0.3, 0.4) is 0 Å². The van der Waals surface area contributed by atoms with Gasteiger partial charge in [-0.05, 0) is 36.8 Å². The number of aryl methyl sites for hydroxylation is 1. The Labute approximate surface area is 154 Å². The van der Waals surface area contributed by atoms with Crippen LogP contribution in [0.5, 0.6) is 0 Å². The maximum absolute atomic E-state index is 14.0. The number of hydrogen-bond acceptors (Lipinski definition) is 3. The molecule has 0 aliphatic heterocycles. The summed E-state index contributed by atoms with van der Waals surface area (Å²) in [6.07, 6.45) is 0. The van der Waals surface area contributed by atoms with E-state index in [1.807, 2.05) is 0 Å². The van der Waals surface area contributed by atoms with Crippen molar-refractivity contribution in [2.45, 2.75) is 13.5 Å². The first-order valence-electron chi connectivity index (χ1n) is 7.84. The predicted molar refractivity (Wildman–Crippen MR) is 97.2 cm³/mol. The van der Waals surface area contributed by atoms with Gasteiger partial charge < -0.3 is 5.32 Å². The van der Waals surface area contributed by atoms with E-state index in [4.69, 9.17) is 11.6 Å². The molecule has 0 atom stereocenters. The fourth-order valence-corrected chi connectivity index (χ4v) is 2.70. The Morgan fingerprint density at radius 1 is 1.19 bits per heavy atom. The highest BCUT2D eigenvalue weighted by atomic mass is 35.5. The Morgan fingerprint density at radius 3 is 2.69 bits per heavy atom. The second-order valence-electron chi connectivity index (χ2n) is 5.67. The van der Waals surface area contributed by atoms with Crippen LogP contribution in [0, 0.1) is 12.7 Å². The zero-order chi connectivity index (χ0) is 18.7. The molecule has 1 heterocycles. The number of halogens is 2. The summed E-state index contributed by atoms with van der Waals surface area (Å²) in [6.45, 7) is 1.81. The first-order chi connectivity index (χ1) is 12.5. The number of nitrogens with one attached hydrogen (secondary N) is 1. The van der Waals surface area contributed by atoms with Crippen molar-refractivity contribution in [3.05, 3.63) is 92.6 Å². The summed E-state index contributed by atoms with van der Waals surface area (Å²) < 4.78 is 15.3. The van der Waals surface area contributed by atoms with E-state index in [9.17, 15) is 14.0 Å². The number of benzene rings is 2. The number of nitrogens with zero attached hydrogens (tertiary/aromatic N) is 2. The highest BCUT2D eigenvalue weighted by Crippen LogP contribution is 2.13. The number of aromatic nitrogens is 2. The third-order valence-corrected chi connectivity index (χ3v) is 3.98. The number of para-hydroxylation sites is 1. The Balaban J connectivity index is 1.90. The summed E-state index contributed by atoms with van der Waals surface area (Å²) in [5.74, 6) is -1.14. The molecule has 0 saturated heterocycles. The third-order valence-electron chi connectivity index (χ3n) is 3.75. The Bertz CT molecular complexity index is 1030. The summed E-state index contributed by atoms with van der Waals surface area (Å²) in [4.78, 5) is 24.6. The van der Waals surface area contributed by atoms with Crippen molar-refractivity contribution in [3.63, 3.8) is 0 Å². The van der Waals surface area contributed by atoms with Crippen molar-refractivity contribution in [3.8, 4) is 5.69 Å². The van der Waals surface area contributed by atoms with E-state index in [0.29, 0.717) is 10.7 Å². The van der Waals surface area contributed by atoms with Crippen molar-refractivity contribution in [2.75, 3.05) is 0 Å². The van der Waals surface area contributed by atoms with E-state index >= 15 is 0 Å². The molecule has 7 heteroatoms. The molecule has 0 aliphatic carbocycles. The standard InChI is InChI=1S/C19H15ClFN3O2/c1-12-9-17(25)18(23-24(12)16-8-3-2-7-15(16)21)19(26)22-11-13-5-4-6-14(20)10-13/h2-10H,11H2,1H3,(H,22,26). The topological polar surface area (TPSA) is 64.0 Å². The van der Waals surface area contributed by atoms with Crippen LogP contribution in [0.2, 0.25) is 5.02 Å². The Kier molecular flexibility index (Phi) is 5.14. The molecule has 1 aromatic heterocycles. The van der Waals surface area contributed by atoms with Gasteiger partial charge in [-0.25, -0.2) is 9.07 Å². The van der Waals surface area contributed by atoms with E-state index in [0.717, 1.165) is 5.56 Å². The molecule has 0 aliphatic rings. The summed E-state index contributed by atoms with van der Waals surface area (Å²) in [6, 6.07) is 14.3. The largest absolute Gasteiger partial charge is 0.346 e. The molecule has 2 aromatic carbocycles. The average molecular weight is 372 g/mol. The SMILES string of the molecule is Cc1cc(=O)c(C(=O)NCc2cccc(Cl)c2)nn1-c1ccccc1F. The summed E-state index contributed by atoms with van der Waals surface area (Å²) in [5, 5.41) is 7.24. The molecule has 0 spiro atoms. The number of hydrogen-bond donors (Lipinski definition) is 1. The summed E-state index contributed by atoms with van der Waals surface area (Å²) >= 11 is 5.91. The van der Waals surface area contributed by atoms with Crippen molar-refractivity contribution in [1.29, 1.82) is 0 Å². The van der Waals surface area contributed by atoms with Gasteiger partial charge in [-0.3, -0.25) is 9.59 Å². The third kappa shape index (κ3) is 3.81. The fourth-order valence-electron chi connectivity index (χ4n) is 2.49. The second-order valence-corrected chi connectivity index (χ2v) is 6.11. The zero-order valence-corrected chi connectivity index (χ0v) is 14.6. The van der Waals surface area contributed by atoms with E-state index in [1.54, 1.807) is 43.3 Å². The lowest BCUT2D eigenvalue weighted by molar-refractivity contribution is 0.0943. The molecule has 5 nitrogen and oxygen atoms in total. The van der Waals surface area contributed by atoms with E-state index < -0.39 is 17.2 Å². The number of rotatable bonds is 4. The highest BCUT2D eigenvalue weighted by Gasteiger charge is 2.16. The molecule has 1 amide bonds. The van der Waals surface area contributed by atoms with Gasteiger partial charge in [-0.2, -0.15) is 5.10 Å². The second kappa shape index (κ2) is 7.49. The van der Waals surface area contributed by atoms with Gasteiger partial charge in [0.25, 0.3) is 5.91 Å². The normalized spacial score (nSPS) is 10.6. The van der Waals surface area contributed by atoms with Crippen LogP contribution in [0.4, 0.5) is 4.39 Å². The van der Waals surface area contributed by atoms with Crippen LogP contribution in [-0.4, -0.2) is 15.7 Å². The van der Waals surface area contributed by atoms with Gasteiger partial charge in [0.2, 0.25) is 5.43 Å². The van der Waals surface area contributed by atoms with E-state index in [-0.39, 0.29) is 17.9 Å². The summed E-state index contributed by atoms with van der Waals surface area (Å²) in [7, 11) is 0. The monoisotopic (exact) mass is 371 g/mol. The zero-order valence-electron chi connectivity index (χ0n) is 13.9. The lowest BCUT2D eigenvalue weighted by atomic mass is 10.2. The molecular formula is C19H15ClFN3O2. The van der Waals surface area contributed by atoms with Gasteiger partial charge in [0, 0.05) is 23.3 Å². The van der Waals surface area contributed by atoms with Crippen LogP contribution in [0.15, 0.2) is 59.4 Å². The maximum atomic E-state index is 14.0. The lowest BCUT2D eigenvalue weighted by Gasteiger charge is -2.12. The van der Waals surface area contributed by atoms with Crippen molar-refractivity contribution in [2.24, 2.45) is 0 Å². The quantitative estimate of drug-likeness (QED) is 0.765. The smallest absolute Gasteiger partial charge is 0.276 e. The van der Waals surface area contributed by atoms with Gasteiger partial charge in [-0.1, -0.05) is 35.9 Å². The molecular weight excluding hydrogens is 357 g/mol. The van der Waals surface area contributed by atoms with Gasteiger partial charge >= 0.3 is 0 Å². The minimum absolute atomic E-state index is 0.161. The van der Waals surface area contributed by atoms with Crippen LogP contribution in [-0.2, 0) is 6.54 Å². The van der Waals surface area contributed by atoms with Crippen molar-refractivity contribution >= 4 is 17.5 Å². The first kappa shape index (κ1) is 17.8. The van der Waals surface area contributed by atoms with Gasteiger partial charge in [0.1, 0.15) is 11.5 Å². The fraction of sp³-hybridized carbons (Fsp3) is 0.105. The molecule has 0 unspecified atom stereocenters. The Morgan fingerprint density at radius 2 is 1.96 bits per heavy atom. The van der Waals surface area contributed by atoms with Gasteiger partial charge in [-0.15, -0.1) is 0 Å². The van der Waals surface area contributed by atoms with Crippen molar-refractivity contribution in [1.82, 2.24) is 15.1 Å². The minimum atomic E-state index is -0.639. The maximum Gasteiger partial charge on any atom is 0.276 e. The molecule has 0 fully saturated rings. The Hall–Kier alpha value is -2.99. The molecule has 0 saturated carbocycles. The predicted octanol–water partition coefficient (Wildman–Crippen LogP) is 3.26. The van der Waals surface area contributed by atoms with E-state index in [1.165, 1.54) is 22.9 Å². The van der Waals surface area contributed by atoms with E-state index in [2.05, 4.69) is 10.4 Å². The van der Waals surface area contributed by atoms with Gasteiger partial charge in [0.15, 0.2) is 5.69 Å². The number of amides is 1. The number of carbonyl (C=O) groups is 1. The van der Waals surface area contributed by atoms with Crippen molar-refractivity contribution < 1.29 is 9.18 Å². The molecule has 132 valence electrons. The molecule has 0 bridgehead atoms. The average Bonchev–Trinajstić information content (AvgIpc) is 2.61. The van der Waals surface area contributed by atoms with Crippen LogP contribution in [0.1, 0.15) is 21.7 Å². The highest BCUT2D eigenvalue weighted by molar-refractivity contribution is 6.30. The molecule has 26 heavy (non-hydrogen) atoms. The minimum Gasteiger partial charge on any atom is -0.346 e.